The molecule has 0 unspecified atom stereocenters. The minimum atomic E-state index is 0.642. The van der Waals surface area contributed by atoms with Crippen LogP contribution in [0, 0.1) is 0 Å². The van der Waals surface area contributed by atoms with E-state index in [9.17, 15) is 0 Å². The lowest BCUT2D eigenvalue weighted by Gasteiger charge is -2.11. The van der Waals surface area contributed by atoms with E-state index in [0.717, 1.165) is 23.5 Å². The predicted molar refractivity (Wildman–Crippen MR) is 78.5 cm³/mol. The summed E-state index contributed by atoms with van der Waals surface area (Å²) in [5.41, 5.74) is 1.06. The number of nitrogens with zero attached hydrogens (tertiary/aromatic N) is 4. The number of aromatic nitrogens is 3. The molecule has 2 heterocycles. The van der Waals surface area contributed by atoms with Crippen molar-refractivity contribution in [2.75, 3.05) is 7.05 Å². The standard InChI is InChI=1S/C14H16N4OS/c1-3-12-16-17-13(19-12)8-18(2)9-14-15-10-6-4-5-7-11(10)20-14/h4-7H,3,8-9H2,1-2H3. The highest BCUT2D eigenvalue weighted by atomic mass is 32.1. The average molecular weight is 288 g/mol. The van der Waals surface area contributed by atoms with Gasteiger partial charge in [0.2, 0.25) is 11.8 Å². The molecule has 0 aliphatic rings. The molecule has 0 saturated heterocycles. The summed E-state index contributed by atoms with van der Waals surface area (Å²) in [7, 11) is 2.03. The minimum absolute atomic E-state index is 0.642. The first-order chi connectivity index (χ1) is 9.74. The molecule has 3 aromatic rings. The molecular formula is C14H16N4OS. The minimum Gasteiger partial charge on any atom is -0.424 e. The summed E-state index contributed by atoms with van der Waals surface area (Å²) in [5, 5.41) is 9.11. The fourth-order valence-electron chi connectivity index (χ4n) is 2.00. The number of fused-ring (bicyclic) bond motifs is 1. The highest BCUT2D eigenvalue weighted by Crippen LogP contribution is 2.22. The molecule has 0 bridgehead atoms. The molecule has 2 aromatic heterocycles. The SMILES string of the molecule is CCc1nnc(CN(C)Cc2nc3ccccc3s2)o1. The second-order valence-corrected chi connectivity index (χ2v) is 5.81. The van der Waals surface area contributed by atoms with Gasteiger partial charge in [-0.25, -0.2) is 4.98 Å². The number of rotatable bonds is 5. The fraction of sp³-hybridized carbons (Fsp3) is 0.357. The van der Waals surface area contributed by atoms with Crippen molar-refractivity contribution in [1.29, 1.82) is 0 Å². The molecule has 1 aromatic carbocycles. The zero-order valence-electron chi connectivity index (χ0n) is 11.5. The van der Waals surface area contributed by atoms with Gasteiger partial charge in [0.25, 0.3) is 0 Å². The lowest BCUT2D eigenvalue weighted by molar-refractivity contribution is 0.277. The monoisotopic (exact) mass is 288 g/mol. The third-order valence-electron chi connectivity index (χ3n) is 2.96. The Labute approximate surface area is 121 Å². The average Bonchev–Trinajstić information content (AvgIpc) is 3.04. The Morgan fingerprint density at radius 1 is 1.15 bits per heavy atom. The van der Waals surface area contributed by atoms with Crippen LogP contribution in [0.4, 0.5) is 0 Å². The third kappa shape index (κ3) is 2.86. The van der Waals surface area contributed by atoms with Gasteiger partial charge in [0.15, 0.2) is 0 Å². The Balaban J connectivity index is 1.67. The predicted octanol–water partition coefficient (Wildman–Crippen LogP) is 2.87. The number of para-hydroxylation sites is 1. The second kappa shape index (κ2) is 5.68. The van der Waals surface area contributed by atoms with E-state index in [4.69, 9.17) is 4.42 Å². The summed E-state index contributed by atoms with van der Waals surface area (Å²) in [5.74, 6) is 1.35. The van der Waals surface area contributed by atoms with E-state index in [-0.39, 0.29) is 0 Å². The van der Waals surface area contributed by atoms with Crippen LogP contribution in [0.25, 0.3) is 10.2 Å². The molecule has 0 spiro atoms. The van der Waals surface area contributed by atoms with Crippen LogP contribution in [0.1, 0.15) is 23.7 Å². The van der Waals surface area contributed by atoms with Crippen molar-refractivity contribution in [3.8, 4) is 0 Å². The number of hydrogen-bond acceptors (Lipinski definition) is 6. The number of aryl methyl sites for hydroxylation is 1. The summed E-state index contributed by atoms with van der Waals surface area (Å²) in [6.07, 6.45) is 0.772. The van der Waals surface area contributed by atoms with E-state index in [1.807, 2.05) is 32.2 Å². The van der Waals surface area contributed by atoms with Gasteiger partial charge in [-0.1, -0.05) is 19.1 Å². The van der Waals surface area contributed by atoms with Gasteiger partial charge >= 0.3 is 0 Å². The van der Waals surface area contributed by atoms with Crippen molar-refractivity contribution < 1.29 is 4.42 Å². The van der Waals surface area contributed by atoms with Gasteiger partial charge < -0.3 is 4.42 Å². The fourth-order valence-corrected chi connectivity index (χ4v) is 3.05. The van der Waals surface area contributed by atoms with Gasteiger partial charge in [-0.3, -0.25) is 4.90 Å². The van der Waals surface area contributed by atoms with Crippen molar-refractivity contribution in [3.63, 3.8) is 0 Å². The van der Waals surface area contributed by atoms with E-state index < -0.39 is 0 Å². The highest BCUT2D eigenvalue weighted by molar-refractivity contribution is 7.18. The first kappa shape index (κ1) is 13.2. The van der Waals surface area contributed by atoms with Crippen LogP contribution in [-0.4, -0.2) is 27.1 Å². The maximum Gasteiger partial charge on any atom is 0.230 e. The van der Waals surface area contributed by atoms with Crippen LogP contribution >= 0.6 is 11.3 Å². The highest BCUT2D eigenvalue weighted by Gasteiger charge is 2.10. The zero-order valence-corrected chi connectivity index (χ0v) is 12.4. The van der Waals surface area contributed by atoms with Gasteiger partial charge in [-0.05, 0) is 19.2 Å². The van der Waals surface area contributed by atoms with Gasteiger partial charge in [-0.15, -0.1) is 21.5 Å². The maximum atomic E-state index is 5.52. The second-order valence-electron chi connectivity index (χ2n) is 4.69. The molecule has 0 saturated carbocycles. The number of benzene rings is 1. The molecule has 0 atom stereocenters. The van der Waals surface area contributed by atoms with Crippen molar-refractivity contribution in [2.24, 2.45) is 0 Å². The van der Waals surface area contributed by atoms with E-state index in [1.54, 1.807) is 11.3 Å². The Morgan fingerprint density at radius 2 is 1.95 bits per heavy atom. The maximum absolute atomic E-state index is 5.52. The summed E-state index contributed by atoms with van der Waals surface area (Å²) in [6, 6.07) is 8.20. The quantitative estimate of drug-likeness (QED) is 0.722. The Morgan fingerprint density at radius 3 is 2.70 bits per heavy atom. The largest absolute Gasteiger partial charge is 0.424 e. The molecule has 20 heavy (non-hydrogen) atoms. The molecule has 0 amide bonds. The van der Waals surface area contributed by atoms with Crippen LogP contribution in [0.2, 0.25) is 0 Å². The van der Waals surface area contributed by atoms with Gasteiger partial charge in [0, 0.05) is 6.42 Å². The third-order valence-corrected chi connectivity index (χ3v) is 3.98. The van der Waals surface area contributed by atoms with Gasteiger partial charge in [0.1, 0.15) is 5.01 Å². The van der Waals surface area contributed by atoms with Crippen molar-refractivity contribution in [1.82, 2.24) is 20.1 Å². The van der Waals surface area contributed by atoms with Gasteiger partial charge in [0.05, 0.1) is 23.3 Å². The molecule has 0 fully saturated rings. The molecule has 0 aliphatic carbocycles. The molecule has 5 nitrogen and oxygen atoms in total. The van der Waals surface area contributed by atoms with Crippen LogP contribution in [0.5, 0.6) is 0 Å². The van der Waals surface area contributed by atoms with Crippen LogP contribution in [0.3, 0.4) is 0 Å². The van der Waals surface area contributed by atoms with E-state index in [0.29, 0.717) is 18.3 Å². The molecule has 0 aliphatic heterocycles. The summed E-state index contributed by atoms with van der Waals surface area (Å²) >= 11 is 1.73. The molecule has 6 heteroatoms. The zero-order chi connectivity index (χ0) is 13.9. The van der Waals surface area contributed by atoms with Crippen molar-refractivity contribution >= 4 is 21.6 Å². The van der Waals surface area contributed by atoms with E-state index >= 15 is 0 Å². The first-order valence-electron chi connectivity index (χ1n) is 6.59. The Kier molecular flexibility index (Phi) is 3.75. The molecule has 0 radical (unpaired) electrons. The van der Waals surface area contributed by atoms with E-state index in [1.165, 1.54) is 4.70 Å². The topological polar surface area (TPSA) is 55.1 Å². The summed E-state index contributed by atoms with van der Waals surface area (Å²) in [6.45, 7) is 3.42. The molecule has 3 rings (SSSR count). The summed E-state index contributed by atoms with van der Waals surface area (Å²) in [4.78, 5) is 6.76. The van der Waals surface area contributed by atoms with Crippen LogP contribution in [-0.2, 0) is 19.5 Å². The number of hydrogen-bond donors (Lipinski definition) is 0. The molecular weight excluding hydrogens is 272 g/mol. The number of thiazole rings is 1. The van der Waals surface area contributed by atoms with Crippen LogP contribution in [0.15, 0.2) is 28.7 Å². The summed E-state index contributed by atoms with van der Waals surface area (Å²) < 4.78 is 6.74. The van der Waals surface area contributed by atoms with Crippen molar-refractivity contribution in [2.45, 2.75) is 26.4 Å². The van der Waals surface area contributed by atoms with Gasteiger partial charge in [-0.2, -0.15) is 0 Å². The Bertz CT molecular complexity index is 673. The molecule has 0 N–H and O–H groups in total. The lowest BCUT2D eigenvalue weighted by Crippen LogP contribution is -2.17. The van der Waals surface area contributed by atoms with Crippen molar-refractivity contribution in [3.05, 3.63) is 41.1 Å². The lowest BCUT2D eigenvalue weighted by atomic mass is 10.3. The molecule has 104 valence electrons. The van der Waals surface area contributed by atoms with E-state index in [2.05, 4.69) is 26.1 Å². The first-order valence-corrected chi connectivity index (χ1v) is 7.40. The smallest absolute Gasteiger partial charge is 0.230 e. The van der Waals surface area contributed by atoms with Crippen LogP contribution < -0.4 is 0 Å². The normalized spacial score (nSPS) is 11.6. The Hall–Kier alpha value is -1.79.